The number of allylic oxidation sites excluding steroid dienone is 1. The number of benzene rings is 2. The first-order valence-corrected chi connectivity index (χ1v) is 12.8. The summed E-state index contributed by atoms with van der Waals surface area (Å²) < 4.78 is 13.7. The Morgan fingerprint density at radius 1 is 1.24 bits per heavy atom. The van der Waals surface area contributed by atoms with Crippen LogP contribution in [0.2, 0.25) is 10.0 Å². The number of nitrogens with zero attached hydrogens (tertiary/aromatic N) is 3. The van der Waals surface area contributed by atoms with Crippen LogP contribution >= 0.6 is 50.9 Å². The highest BCUT2D eigenvalue weighted by atomic mass is 79.9. The number of amides is 1. The number of hydrogen-bond donors (Lipinski definition) is 1. The molecule has 0 radical (unpaired) electrons. The van der Waals surface area contributed by atoms with Crippen LogP contribution in [0.3, 0.4) is 0 Å². The largest absolute Gasteiger partial charge is 0.495 e. The van der Waals surface area contributed by atoms with Gasteiger partial charge in [0.2, 0.25) is 5.91 Å². The molecule has 3 rings (SSSR count). The number of methoxy groups -OCH3 is 1. The molecule has 1 amide bonds. The van der Waals surface area contributed by atoms with Crippen LogP contribution in [0.5, 0.6) is 11.5 Å². The maximum atomic E-state index is 12.4. The Balaban J connectivity index is 1.53. The summed E-state index contributed by atoms with van der Waals surface area (Å²) in [6.07, 6.45) is 3.19. The maximum Gasteiger partial charge on any atom is 0.234 e. The number of aromatic nitrogens is 3. The Morgan fingerprint density at radius 3 is 2.74 bits per heavy atom. The van der Waals surface area contributed by atoms with Crippen LogP contribution in [0.25, 0.3) is 0 Å². The molecule has 0 unspecified atom stereocenters. The van der Waals surface area contributed by atoms with E-state index in [0.717, 1.165) is 22.5 Å². The molecule has 11 heteroatoms. The van der Waals surface area contributed by atoms with E-state index in [-0.39, 0.29) is 11.7 Å². The average molecular weight is 586 g/mol. The number of carbonyl (C=O) groups excluding carboxylic acids is 1. The summed E-state index contributed by atoms with van der Waals surface area (Å²) in [6, 6.07) is 10.5. The smallest absolute Gasteiger partial charge is 0.234 e. The van der Waals surface area contributed by atoms with Gasteiger partial charge in [0.05, 0.1) is 29.0 Å². The predicted molar refractivity (Wildman–Crippen MR) is 141 cm³/mol. The number of nitrogens with one attached hydrogen (secondary N) is 1. The van der Waals surface area contributed by atoms with Crippen molar-refractivity contribution in [1.29, 1.82) is 0 Å². The van der Waals surface area contributed by atoms with E-state index < -0.39 is 0 Å². The molecule has 0 saturated carbocycles. The van der Waals surface area contributed by atoms with Crippen molar-refractivity contribution in [2.24, 2.45) is 0 Å². The fourth-order valence-corrected chi connectivity index (χ4v) is 4.82. The number of anilines is 1. The van der Waals surface area contributed by atoms with Crippen molar-refractivity contribution in [2.75, 3.05) is 24.8 Å². The number of aryl methyl sites for hydroxylation is 1. The predicted octanol–water partition coefficient (Wildman–Crippen LogP) is 6.28. The van der Waals surface area contributed by atoms with Gasteiger partial charge >= 0.3 is 0 Å². The van der Waals surface area contributed by atoms with E-state index in [1.807, 2.05) is 10.6 Å². The molecule has 1 aromatic heterocycles. The van der Waals surface area contributed by atoms with E-state index in [4.69, 9.17) is 32.7 Å². The third-order valence-electron chi connectivity index (χ3n) is 4.57. The van der Waals surface area contributed by atoms with E-state index in [1.165, 1.54) is 18.9 Å². The highest BCUT2D eigenvalue weighted by molar-refractivity contribution is 9.10. The lowest BCUT2D eigenvalue weighted by Gasteiger charge is -2.10. The van der Waals surface area contributed by atoms with Crippen LogP contribution in [0.1, 0.15) is 12.2 Å². The van der Waals surface area contributed by atoms with Gasteiger partial charge in [-0.15, -0.1) is 16.8 Å². The molecule has 180 valence electrons. The molecule has 0 aliphatic rings. The number of carbonyl (C=O) groups is 1. The van der Waals surface area contributed by atoms with Crippen molar-refractivity contribution in [3.05, 3.63) is 69.4 Å². The third-order valence-corrected chi connectivity index (χ3v) is 6.69. The Kier molecular flexibility index (Phi) is 10.1. The van der Waals surface area contributed by atoms with Gasteiger partial charge in [0, 0.05) is 23.7 Å². The Morgan fingerprint density at radius 2 is 2.03 bits per heavy atom. The zero-order valence-electron chi connectivity index (χ0n) is 18.4. The van der Waals surface area contributed by atoms with Crippen molar-refractivity contribution in [2.45, 2.75) is 24.5 Å². The summed E-state index contributed by atoms with van der Waals surface area (Å²) in [6.45, 7) is 4.87. The monoisotopic (exact) mass is 584 g/mol. The fraction of sp³-hybridized carbons (Fsp3) is 0.261. The second-order valence-corrected chi connectivity index (χ2v) is 9.65. The second-order valence-electron chi connectivity index (χ2n) is 7.01. The van der Waals surface area contributed by atoms with Crippen LogP contribution in [-0.2, 0) is 17.8 Å². The third kappa shape index (κ3) is 7.40. The van der Waals surface area contributed by atoms with Gasteiger partial charge < -0.3 is 19.4 Å². The molecule has 2 aromatic carbocycles. The van der Waals surface area contributed by atoms with Crippen LogP contribution in [-0.4, -0.2) is 40.1 Å². The molecule has 0 atom stereocenters. The van der Waals surface area contributed by atoms with Crippen molar-refractivity contribution < 1.29 is 14.3 Å². The first kappa shape index (κ1) is 26.4. The van der Waals surface area contributed by atoms with Crippen molar-refractivity contribution in [3.63, 3.8) is 0 Å². The number of thioether (sulfide) groups is 1. The molecule has 34 heavy (non-hydrogen) atoms. The lowest BCUT2D eigenvalue weighted by Crippen LogP contribution is -2.15. The van der Waals surface area contributed by atoms with E-state index in [0.29, 0.717) is 46.2 Å². The molecule has 1 N–H and O–H groups in total. The molecule has 3 aromatic rings. The summed E-state index contributed by atoms with van der Waals surface area (Å²) >= 11 is 16.8. The normalized spacial score (nSPS) is 10.7. The summed E-state index contributed by atoms with van der Waals surface area (Å²) in [7, 11) is 1.54. The Hall–Kier alpha value is -2.20. The van der Waals surface area contributed by atoms with Gasteiger partial charge in [-0.1, -0.05) is 41.0 Å². The van der Waals surface area contributed by atoms with Crippen LogP contribution in [0.15, 0.2) is 58.7 Å². The SMILES string of the molecule is C=CCn1c(CCCOc2ccc(Cl)cc2Br)nnc1SCC(=O)Nc1ccc(OC)c(Cl)c1. The summed E-state index contributed by atoms with van der Waals surface area (Å²) in [4.78, 5) is 12.4. The van der Waals surface area contributed by atoms with Gasteiger partial charge in [0.1, 0.15) is 17.3 Å². The van der Waals surface area contributed by atoms with Gasteiger partial charge in [-0.3, -0.25) is 4.79 Å². The van der Waals surface area contributed by atoms with Gasteiger partial charge in [-0.2, -0.15) is 0 Å². The quantitative estimate of drug-likeness (QED) is 0.153. The van der Waals surface area contributed by atoms with Gasteiger partial charge in [-0.25, -0.2) is 0 Å². The molecule has 0 fully saturated rings. The highest BCUT2D eigenvalue weighted by Crippen LogP contribution is 2.29. The van der Waals surface area contributed by atoms with Crippen LogP contribution < -0.4 is 14.8 Å². The molecule has 0 spiro atoms. The zero-order chi connectivity index (χ0) is 24.5. The molecule has 0 bridgehead atoms. The van der Waals surface area contributed by atoms with Crippen LogP contribution in [0, 0.1) is 0 Å². The van der Waals surface area contributed by atoms with Gasteiger partial charge in [-0.05, 0) is 58.7 Å². The Bertz CT molecular complexity index is 1160. The number of ether oxygens (including phenoxy) is 2. The summed E-state index contributed by atoms with van der Waals surface area (Å²) in [5.41, 5.74) is 0.594. The molecule has 0 aliphatic carbocycles. The standard InChI is InChI=1S/C23H23BrCl2N4O3S/c1-3-10-30-21(5-4-11-33-19-8-6-15(25)12-17(19)24)28-29-23(30)34-14-22(31)27-16-7-9-20(32-2)18(26)13-16/h3,6-9,12-13H,1,4-5,10-11,14H2,2H3,(H,27,31). The van der Waals surface area contributed by atoms with Gasteiger partial charge in [0.15, 0.2) is 5.16 Å². The molecule has 0 saturated heterocycles. The first-order chi connectivity index (χ1) is 16.4. The van der Waals surface area contributed by atoms with E-state index >= 15 is 0 Å². The zero-order valence-corrected chi connectivity index (χ0v) is 22.3. The van der Waals surface area contributed by atoms with E-state index in [2.05, 4.69) is 38.0 Å². The summed E-state index contributed by atoms with van der Waals surface area (Å²) in [5, 5.41) is 13.1. The number of halogens is 3. The minimum absolute atomic E-state index is 0.173. The maximum absolute atomic E-state index is 12.4. The van der Waals surface area contributed by atoms with Gasteiger partial charge in [0.25, 0.3) is 0 Å². The second kappa shape index (κ2) is 13.0. The average Bonchev–Trinajstić information content (AvgIpc) is 3.18. The molecular formula is C23H23BrCl2N4O3S. The summed E-state index contributed by atoms with van der Waals surface area (Å²) in [5.74, 6) is 2.08. The lowest BCUT2D eigenvalue weighted by molar-refractivity contribution is -0.113. The topological polar surface area (TPSA) is 78.3 Å². The van der Waals surface area contributed by atoms with E-state index in [1.54, 1.807) is 36.4 Å². The van der Waals surface area contributed by atoms with E-state index in [9.17, 15) is 4.79 Å². The minimum atomic E-state index is -0.178. The van der Waals surface area contributed by atoms with Crippen molar-refractivity contribution >= 4 is 62.5 Å². The molecule has 0 aliphatic heterocycles. The Labute approximate surface area is 221 Å². The number of hydrogen-bond acceptors (Lipinski definition) is 6. The molecule has 7 nitrogen and oxygen atoms in total. The lowest BCUT2D eigenvalue weighted by atomic mass is 10.3. The van der Waals surface area contributed by atoms with Crippen LogP contribution in [0.4, 0.5) is 5.69 Å². The minimum Gasteiger partial charge on any atom is -0.495 e. The molecule has 1 heterocycles. The fourth-order valence-electron chi connectivity index (χ4n) is 3.00. The van der Waals surface area contributed by atoms with Crippen molar-refractivity contribution in [1.82, 2.24) is 14.8 Å². The highest BCUT2D eigenvalue weighted by Gasteiger charge is 2.14. The molecular weight excluding hydrogens is 563 g/mol. The van der Waals surface area contributed by atoms with Crippen molar-refractivity contribution in [3.8, 4) is 11.5 Å². The first-order valence-electron chi connectivity index (χ1n) is 10.3. The number of rotatable bonds is 12.